The molecule has 6 nitrogen and oxygen atoms in total. The molecular weight excluding hydrogens is 256 g/mol. The predicted octanol–water partition coefficient (Wildman–Crippen LogP) is -0.663. The lowest BCUT2D eigenvalue weighted by Crippen LogP contribution is -2.36. The molecular formula is C11H16N2O4S. The summed E-state index contributed by atoms with van der Waals surface area (Å²) in [6.45, 7) is -0.151. The minimum absolute atomic E-state index is 0.00814. The SMILES string of the molecule is O=C(CCNC(=O)c1cccs1)NCC(O)CO. The average molecular weight is 272 g/mol. The van der Waals surface area contributed by atoms with E-state index in [2.05, 4.69) is 10.6 Å². The van der Waals surface area contributed by atoms with Crippen molar-refractivity contribution in [2.45, 2.75) is 12.5 Å². The van der Waals surface area contributed by atoms with Crippen LogP contribution < -0.4 is 10.6 Å². The second-order valence-corrected chi connectivity index (χ2v) is 4.57. The highest BCUT2D eigenvalue weighted by molar-refractivity contribution is 7.12. The fraction of sp³-hybridized carbons (Fsp3) is 0.455. The van der Waals surface area contributed by atoms with Gasteiger partial charge < -0.3 is 20.8 Å². The Bertz CT molecular complexity index is 380. The molecule has 1 unspecified atom stereocenters. The normalized spacial score (nSPS) is 11.9. The van der Waals surface area contributed by atoms with E-state index in [-0.39, 0.29) is 31.3 Å². The number of rotatable bonds is 7. The molecule has 100 valence electrons. The maximum absolute atomic E-state index is 11.5. The molecule has 0 aromatic carbocycles. The maximum Gasteiger partial charge on any atom is 0.261 e. The van der Waals surface area contributed by atoms with Gasteiger partial charge in [0.15, 0.2) is 0 Å². The molecule has 1 aromatic rings. The van der Waals surface area contributed by atoms with Gasteiger partial charge in [0.05, 0.1) is 17.6 Å². The summed E-state index contributed by atoms with van der Waals surface area (Å²) >= 11 is 1.33. The van der Waals surface area contributed by atoms with Crippen LogP contribution in [0.1, 0.15) is 16.1 Å². The van der Waals surface area contributed by atoms with E-state index in [1.807, 2.05) is 0 Å². The lowest BCUT2D eigenvalue weighted by atomic mass is 10.3. The number of thiophene rings is 1. The molecule has 0 radical (unpaired) electrons. The van der Waals surface area contributed by atoms with Crippen LogP contribution in [-0.4, -0.2) is 47.8 Å². The fourth-order valence-electron chi connectivity index (χ4n) is 1.17. The zero-order valence-corrected chi connectivity index (χ0v) is 10.6. The zero-order chi connectivity index (χ0) is 13.4. The lowest BCUT2D eigenvalue weighted by Gasteiger charge is -2.09. The second-order valence-electron chi connectivity index (χ2n) is 3.62. The number of hydrogen-bond acceptors (Lipinski definition) is 5. The van der Waals surface area contributed by atoms with Gasteiger partial charge in [0.1, 0.15) is 0 Å². The molecule has 0 saturated heterocycles. The van der Waals surface area contributed by atoms with E-state index < -0.39 is 12.7 Å². The first kappa shape index (κ1) is 14.6. The first-order chi connectivity index (χ1) is 8.63. The second kappa shape index (κ2) is 7.80. The number of hydrogen-bond donors (Lipinski definition) is 4. The van der Waals surface area contributed by atoms with E-state index in [1.54, 1.807) is 17.5 Å². The quantitative estimate of drug-likeness (QED) is 0.529. The molecule has 0 aliphatic heterocycles. The topological polar surface area (TPSA) is 98.7 Å². The van der Waals surface area contributed by atoms with Crippen molar-refractivity contribution in [2.75, 3.05) is 19.7 Å². The lowest BCUT2D eigenvalue weighted by molar-refractivity contribution is -0.121. The monoisotopic (exact) mass is 272 g/mol. The van der Waals surface area contributed by atoms with Crippen LogP contribution in [0.25, 0.3) is 0 Å². The first-order valence-electron chi connectivity index (χ1n) is 5.50. The zero-order valence-electron chi connectivity index (χ0n) is 9.76. The number of amides is 2. The standard InChI is InChI=1S/C11H16N2O4S/c14-7-8(15)6-13-10(16)3-4-12-11(17)9-2-1-5-18-9/h1-2,5,8,14-15H,3-4,6-7H2,(H,12,17)(H,13,16). The Morgan fingerprint density at radius 2 is 2.17 bits per heavy atom. The molecule has 4 N–H and O–H groups in total. The Labute approximate surface area is 109 Å². The van der Waals surface area contributed by atoms with Crippen LogP contribution >= 0.6 is 11.3 Å². The van der Waals surface area contributed by atoms with Crippen LogP contribution in [0.3, 0.4) is 0 Å². The third-order valence-electron chi connectivity index (χ3n) is 2.13. The molecule has 0 fully saturated rings. The molecule has 7 heteroatoms. The summed E-state index contributed by atoms with van der Waals surface area (Å²) < 4.78 is 0. The van der Waals surface area contributed by atoms with Gasteiger partial charge in [-0.1, -0.05) is 6.07 Å². The summed E-state index contributed by atoms with van der Waals surface area (Å²) in [6, 6.07) is 3.49. The van der Waals surface area contributed by atoms with E-state index in [0.717, 1.165) is 0 Å². The van der Waals surface area contributed by atoms with E-state index >= 15 is 0 Å². The molecule has 1 rings (SSSR count). The number of carbonyl (C=O) groups excluding carboxylic acids is 2. The Balaban J connectivity index is 2.14. The predicted molar refractivity (Wildman–Crippen MR) is 67.4 cm³/mol. The minimum Gasteiger partial charge on any atom is -0.394 e. The van der Waals surface area contributed by atoms with Crippen molar-refractivity contribution in [3.8, 4) is 0 Å². The number of aliphatic hydroxyl groups is 2. The van der Waals surface area contributed by atoms with Crippen LogP contribution in [0.15, 0.2) is 17.5 Å². The summed E-state index contributed by atoms with van der Waals surface area (Å²) in [4.78, 5) is 23.4. The summed E-state index contributed by atoms with van der Waals surface area (Å²) in [6.07, 6.45) is -0.815. The molecule has 0 aliphatic rings. The highest BCUT2D eigenvalue weighted by Crippen LogP contribution is 2.07. The van der Waals surface area contributed by atoms with E-state index in [9.17, 15) is 9.59 Å². The van der Waals surface area contributed by atoms with Crippen LogP contribution in [0.2, 0.25) is 0 Å². The van der Waals surface area contributed by atoms with Gasteiger partial charge in [-0.15, -0.1) is 11.3 Å². The van der Waals surface area contributed by atoms with Gasteiger partial charge in [-0.3, -0.25) is 9.59 Å². The Morgan fingerprint density at radius 3 is 2.78 bits per heavy atom. The molecule has 2 amide bonds. The van der Waals surface area contributed by atoms with Crippen molar-refractivity contribution in [1.29, 1.82) is 0 Å². The van der Waals surface area contributed by atoms with E-state index in [4.69, 9.17) is 10.2 Å². The van der Waals surface area contributed by atoms with Crippen molar-refractivity contribution in [1.82, 2.24) is 10.6 Å². The van der Waals surface area contributed by atoms with Crippen LogP contribution in [-0.2, 0) is 4.79 Å². The third-order valence-corrected chi connectivity index (χ3v) is 3.00. The van der Waals surface area contributed by atoms with Crippen molar-refractivity contribution >= 4 is 23.2 Å². The smallest absolute Gasteiger partial charge is 0.261 e. The van der Waals surface area contributed by atoms with E-state index in [1.165, 1.54) is 11.3 Å². The van der Waals surface area contributed by atoms with Gasteiger partial charge in [0.25, 0.3) is 5.91 Å². The first-order valence-corrected chi connectivity index (χ1v) is 6.38. The molecule has 1 aromatic heterocycles. The molecule has 0 bridgehead atoms. The fourth-order valence-corrected chi connectivity index (χ4v) is 1.81. The van der Waals surface area contributed by atoms with Gasteiger partial charge in [0, 0.05) is 19.5 Å². The van der Waals surface area contributed by atoms with Gasteiger partial charge >= 0.3 is 0 Å². The van der Waals surface area contributed by atoms with Crippen molar-refractivity contribution in [3.05, 3.63) is 22.4 Å². The van der Waals surface area contributed by atoms with Crippen LogP contribution in [0, 0.1) is 0 Å². The van der Waals surface area contributed by atoms with Crippen LogP contribution in [0.5, 0.6) is 0 Å². The molecule has 0 aliphatic carbocycles. The molecule has 18 heavy (non-hydrogen) atoms. The highest BCUT2D eigenvalue weighted by Gasteiger charge is 2.08. The van der Waals surface area contributed by atoms with Crippen molar-refractivity contribution in [2.24, 2.45) is 0 Å². The van der Waals surface area contributed by atoms with E-state index in [0.29, 0.717) is 4.88 Å². The van der Waals surface area contributed by atoms with Gasteiger partial charge in [0.2, 0.25) is 5.91 Å². The highest BCUT2D eigenvalue weighted by atomic mass is 32.1. The minimum atomic E-state index is -0.949. The number of aliphatic hydroxyl groups excluding tert-OH is 2. The third kappa shape index (κ3) is 5.26. The summed E-state index contributed by atoms with van der Waals surface area (Å²) in [5.41, 5.74) is 0. The Morgan fingerprint density at radius 1 is 1.39 bits per heavy atom. The van der Waals surface area contributed by atoms with Gasteiger partial charge in [-0.2, -0.15) is 0 Å². The Kier molecular flexibility index (Phi) is 6.34. The summed E-state index contributed by atoms with van der Waals surface area (Å²) in [7, 11) is 0. The molecule has 1 heterocycles. The average Bonchev–Trinajstić information content (AvgIpc) is 2.89. The van der Waals surface area contributed by atoms with Gasteiger partial charge in [-0.05, 0) is 11.4 Å². The summed E-state index contributed by atoms with van der Waals surface area (Å²) in [5, 5.41) is 24.4. The summed E-state index contributed by atoms with van der Waals surface area (Å²) in [5.74, 6) is -0.484. The van der Waals surface area contributed by atoms with Gasteiger partial charge in [-0.25, -0.2) is 0 Å². The molecule has 1 atom stereocenters. The van der Waals surface area contributed by atoms with Crippen molar-refractivity contribution < 1.29 is 19.8 Å². The molecule has 0 spiro atoms. The van der Waals surface area contributed by atoms with Crippen LogP contribution in [0.4, 0.5) is 0 Å². The number of carbonyl (C=O) groups is 2. The maximum atomic E-state index is 11.5. The Hall–Kier alpha value is -1.44. The van der Waals surface area contributed by atoms with Crippen molar-refractivity contribution in [3.63, 3.8) is 0 Å². The number of nitrogens with one attached hydrogen (secondary N) is 2. The molecule has 0 saturated carbocycles. The largest absolute Gasteiger partial charge is 0.394 e.